The summed E-state index contributed by atoms with van der Waals surface area (Å²) in [5.74, 6) is 0.0905. The fourth-order valence-electron chi connectivity index (χ4n) is 4.41. The number of hydrogen-bond acceptors (Lipinski definition) is 12. The van der Waals surface area contributed by atoms with Gasteiger partial charge in [0.05, 0.1) is 13.2 Å². The van der Waals surface area contributed by atoms with Gasteiger partial charge in [-0.1, -0.05) is 54.6 Å². The van der Waals surface area contributed by atoms with Crippen LogP contribution in [0.3, 0.4) is 0 Å². The van der Waals surface area contributed by atoms with Gasteiger partial charge in [-0.2, -0.15) is 4.31 Å². The monoisotopic (exact) mass is 664 g/mol. The van der Waals surface area contributed by atoms with Crippen molar-refractivity contribution in [1.29, 1.82) is 0 Å². The summed E-state index contributed by atoms with van der Waals surface area (Å²) in [5, 5.41) is 12.7. The van der Waals surface area contributed by atoms with E-state index in [-0.39, 0.29) is 5.75 Å². The molecule has 4 aromatic rings. The summed E-state index contributed by atoms with van der Waals surface area (Å²) < 4.78 is 55.8. The Morgan fingerprint density at radius 1 is 0.911 bits per heavy atom. The number of fused-ring (bicyclic) bond motifs is 1. The number of H-pyrrole nitrogens is 1. The molecule has 1 aromatic heterocycles. The molecular weight excluding hydrogens is 638 g/mol. The number of aromatic nitrogens is 2. The molecule has 0 spiro atoms. The van der Waals surface area contributed by atoms with Gasteiger partial charge in [-0.3, -0.25) is 23.4 Å². The molecule has 0 amide bonds. The Balaban J connectivity index is 1.26. The largest absolute Gasteiger partial charge is 0.514 e. The maximum atomic E-state index is 12.6. The Morgan fingerprint density at radius 2 is 1.60 bits per heavy atom. The van der Waals surface area contributed by atoms with Crippen LogP contribution in [-0.4, -0.2) is 55.5 Å². The first-order valence-corrected chi connectivity index (χ1v) is 16.1. The molecular formula is C27H26N2O14P2. The van der Waals surface area contributed by atoms with Crippen molar-refractivity contribution in [3.8, 4) is 5.75 Å². The molecule has 3 aromatic carbocycles. The van der Waals surface area contributed by atoms with Gasteiger partial charge in [-0.15, -0.1) is 0 Å². The second kappa shape index (κ2) is 13.6. The number of aliphatic hydroxyl groups is 1. The molecule has 16 nitrogen and oxygen atoms in total. The second-order valence-electron chi connectivity index (χ2n) is 9.59. The van der Waals surface area contributed by atoms with Crippen LogP contribution in [0.25, 0.3) is 10.8 Å². The van der Waals surface area contributed by atoms with Gasteiger partial charge >= 0.3 is 27.5 Å². The van der Waals surface area contributed by atoms with Crippen LogP contribution in [0.2, 0.25) is 0 Å². The molecule has 1 aliphatic heterocycles. The summed E-state index contributed by atoms with van der Waals surface area (Å²) in [6.07, 6.45) is -6.90. The van der Waals surface area contributed by atoms with E-state index >= 15 is 0 Å². The van der Waals surface area contributed by atoms with Crippen molar-refractivity contribution in [2.75, 3.05) is 6.61 Å². The number of hydrogen-bond donors (Lipinski definition) is 4. The number of rotatable bonds is 11. The molecule has 45 heavy (non-hydrogen) atoms. The first-order chi connectivity index (χ1) is 21.4. The number of nitrogens with zero attached hydrogens (tertiary/aromatic N) is 1. The zero-order chi connectivity index (χ0) is 32.2. The third kappa shape index (κ3) is 8.41. The molecule has 1 aliphatic rings. The first-order valence-electron chi connectivity index (χ1n) is 13.1. The molecule has 18 heteroatoms. The molecule has 1 fully saturated rings. The molecule has 3 unspecified atom stereocenters. The number of ether oxygens (including phenoxy) is 3. The van der Waals surface area contributed by atoms with Gasteiger partial charge in [0.15, 0.2) is 12.3 Å². The molecule has 0 aliphatic carbocycles. The number of phosphoric acid groups is 2. The van der Waals surface area contributed by atoms with Gasteiger partial charge in [0.1, 0.15) is 18.0 Å². The van der Waals surface area contributed by atoms with Crippen LogP contribution in [0.15, 0.2) is 94.6 Å². The molecule has 0 radical (unpaired) electrons. The van der Waals surface area contributed by atoms with Crippen LogP contribution in [0.4, 0.5) is 4.79 Å². The van der Waals surface area contributed by atoms with E-state index in [1.54, 1.807) is 36.4 Å². The van der Waals surface area contributed by atoms with Crippen molar-refractivity contribution in [3.05, 3.63) is 111 Å². The zero-order valence-corrected chi connectivity index (χ0v) is 24.8. The van der Waals surface area contributed by atoms with Crippen LogP contribution in [0.1, 0.15) is 11.8 Å². The van der Waals surface area contributed by atoms with Gasteiger partial charge in [-0.05, 0) is 34.5 Å². The van der Waals surface area contributed by atoms with Crippen LogP contribution in [0, 0.1) is 0 Å². The van der Waals surface area contributed by atoms with Gasteiger partial charge < -0.3 is 29.1 Å². The molecule has 0 saturated carbocycles. The summed E-state index contributed by atoms with van der Waals surface area (Å²) >= 11 is 0. The van der Waals surface area contributed by atoms with Gasteiger partial charge in [-0.25, -0.2) is 18.7 Å². The molecule has 238 valence electrons. The van der Waals surface area contributed by atoms with E-state index in [1.165, 1.54) is 12.1 Å². The van der Waals surface area contributed by atoms with Crippen molar-refractivity contribution >= 4 is 32.6 Å². The molecule has 2 heterocycles. The molecule has 0 bridgehead atoms. The highest BCUT2D eigenvalue weighted by atomic mass is 31.3. The van der Waals surface area contributed by atoms with Crippen LogP contribution < -0.4 is 16.0 Å². The zero-order valence-electron chi connectivity index (χ0n) is 23.0. The summed E-state index contributed by atoms with van der Waals surface area (Å²) in [7, 11) is -10.5. The highest BCUT2D eigenvalue weighted by Gasteiger charge is 2.49. The highest BCUT2D eigenvalue weighted by Crippen LogP contribution is 2.61. The molecule has 1 saturated heterocycles. The van der Waals surface area contributed by atoms with Crippen molar-refractivity contribution in [3.63, 3.8) is 0 Å². The van der Waals surface area contributed by atoms with Crippen LogP contribution in [0.5, 0.6) is 5.75 Å². The topological polar surface area (TPSA) is 222 Å². The van der Waals surface area contributed by atoms with Gasteiger partial charge in [0.2, 0.25) is 0 Å². The number of carbonyl (C=O) groups excluding carboxylic acids is 1. The molecule has 4 N–H and O–H groups in total. The quantitative estimate of drug-likeness (QED) is 0.103. The predicted molar refractivity (Wildman–Crippen MR) is 154 cm³/mol. The van der Waals surface area contributed by atoms with E-state index in [2.05, 4.69) is 4.31 Å². The minimum absolute atomic E-state index is 0.0905. The lowest BCUT2D eigenvalue weighted by Crippen LogP contribution is -2.40. The number of phosphoric ester groups is 2. The first kappa shape index (κ1) is 32.4. The smallest absolute Gasteiger partial charge is 0.425 e. The Kier molecular flexibility index (Phi) is 9.79. The van der Waals surface area contributed by atoms with E-state index in [0.717, 1.165) is 27.6 Å². The third-order valence-electron chi connectivity index (χ3n) is 6.43. The SMILES string of the molecule is O=C(Oc1ccccc1)O[C@@H]1C(O)[C@H](n2ccc(=O)[nH]c2=O)O[C@@H]1COP(=O)(O)OP(=O)(O)OCc1ccc2ccccc2c1. The number of aliphatic hydroxyl groups excluding tert-OH is 1. The normalized spacial score (nSPS) is 22.4. The van der Waals surface area contributed by atoms with Crippen molar-refractivity contribution in [2.24, 2.45) is 0 Å². The molecule has 6 atom stereocenters. The average molecular weight is 664 g/mol. The molecule has 5 rings (SSSR count). The standard InChI is InChI=1S/C27H26N2O14P2/c30-22-12-13-29(26(32)28-22)25-23(31)24(42-27(33)40-20-8-2-1-3-9-20)21(41-25)16-39-45(36,37)43-44(34,35)38-15-17-10-11-18-6-4-5-7-19(18)14-17/h1-14,21,23-25,31H,15-16H2,(H,34,35)(H,36,37)(H,28,30,32)/t21-,23?,24+,25-/m1/s1. The maximum Gasteiger partial charge on any atom is 0.514 e. The Hall–Kier alpha value is -3.95. The van der Waals surface area contributed by atoms with Crippen LogP contribution >= 0.6 is 15.6 Å². The lowest BCUT2D eigenvalue weighted by atomic mass is 10.1. The van der Waals surface area contributed by atoms with E-state index in [0.29, 0.717) is 5.56 Å². The summed E-state index contributed by atoms with van der Waals surface area (Å²) in [6, 6.07) is 21.1. The minimum atomic E-state index is -5.36. The minimum Gasteiger partial charge on any atom is -0.425 e. The fraction of sp³-hybridized carbons (Fsp3) is 0.222. The number of para-hydroxylation sites is 1. The van der Waals surface area contributed by atoms with Crippen LogP contribution in [-0.2, 0) is 38.6 Å². The average Bonchev–Trinajstić information content (AvgIpc) is 3.29. The van der Waals surface area contributed by atoms with E-state index < -0.39 is 70.8 Å². The number of aromatic amines is 1. The van der Waals surface area contributed by atoms with Crippen molar-refractivity contribution < 1.29 is 56.4 Å². The third-order valence-corrected chi connectivity index (χ3v) is 9.01. The number of nitrogens with one attached hydrogen (secondary N) is 1. The van der Waals surface area contributed by atoms with Crippen molar-refractivity contribution in [2.45, 2.75) is 31.1 Å². The predicted octanol–water partition coefficient (Wildman–Crippen LogP) is 2.98. The number of carbonyl (C=O) groups is 1. The van der Waals surface area contributed by atoms with E-state index in [4.69, 9.17) is 23.3 Å². The summed E-state index contributed by atoms with van der Waals surface area (Å²) in [4.78, 5) is 58.5. The maximum absolute atomic E-state index is 12.6. The van der Waals surface area contributed by atoms with Gasteiger partial charge in [0.25, 0.3) is 5.56 Å². The lowest BCUT2D eigenvalue weighted by Gasteiger charge is -2.21. The Labute approximate surface area is 253 Å². The Bertz CT molecular complexity index is 1880. The van der Waals surface area contributed by atoms with Crippen molar-refractivity contribution in [1.82, 2.24) is 9.55 Å². The highest BCUT2D eigenvalue weighted by molar-refractivity contribution is 7.61. The summed E-state index contributed by atoms with van der Waals surface area (Å²) in [5.41, 5.74) is -1.25. The fourth-order valence-corrected chi connectivity index (χ4v) is 6.47. The Morgan fingerprint density at radius 3 is 2.33 bits per heavy atom. The van der Waals surface area contributed by atoms with E-state index in [1.807, 2.05) is 29.2 Å². The summed E-state index contributed by atoms with van der Waals surface area (Å²) in [6.45, 7) is -1.42. The number of benzene rings is 3. The lowest BCUT2D eigenvalue weighted by molar-refractivity contribution is -0.0557. The second-order valence-corrected chi connectivity index (χ2v) is 12.6. The van der Waals surface area contributed by atoms with E-state index in [9.17, 15) is 38.4 Å². The van der Waals surface area contributed by atoms with Gasteiger partial charge in [0, 0.05) is 12.3 Å².